The molecule has 80 valence electrons. The van der Waals surface area contributed by atoms with Gasteiger partial charge in [-0.05, 0) is 5.41 Å². The Bertz CT molecular complexity index is 118. The van der Waals surface area contributed by atoms with E-state index < -0.39 is 0 Å². The van der Waals surface area contributed by atoms with Crippen molar-refractivity contribution in [2.45, 2.75) is 26.9 Å². The fraction of sp³-hybridized carbons (Fsp3) is 1.00. The second-order valence-electron chi connectivity index (χ2n) is 4.16. The van der Waals surface area contributed by atoms with Crippen LogP contribution in [0.5, 0.6) is 0 Å². The Morgan fingerprint density at radius 2 is 1.69 bits per heavy atom. The van der Waals surface area contributed by atoms with Crippen LogP contribution in [-0.4, -0.2) is 40.1 Å². The third kappa shape index (κ3) is 6.02. The Kier molecular flexibility index (Phi) is 6.29. The average Bonchev–Trinajstić information content (AvgIpc) is 2.02. The smallest absolute Gasteiger partial charge is 0.0852 e. The van der Waals surface area contributed by atoms with Crippen LogP contribution in [0.15, 0.2) is 0 Å². The molecule has 0 saturated heterocycles. The van der Waals surface area contributed by atoms with Crippen molar-refractivity contribution in [2.75, 3.05) is 34.0 Å². The summed E-state index contributed by atoms with van der Waals surface area (Å²) in [4.78, 5) is 0. The average molecular weight is 190 g/mol. The van der Waals surface area contributed by atoms with Crippen molar-refractivity contribution in [2.24, 2.45) is 5.41 Å². The van der Waals surface area contributed by atoms with E-state index in [4.69, 9.17) is 14.2 Å². The van der Waals surface area contributed by atoms with Crippen LogP contribution in [0, 0.1) is 5.41 Å². The van der Waals surface area contributed by atoms with Crippen molar-refractivity contribution >= 4 is 0 Å². The van der Waals surface area contributed by atoms with Gasteiger partial charge in [0.2, 0.25) is 0 Å². The number of hydrogen-bond donors (Lipinski definition) is 0. The molecule has 0 aromatic rings. The largest absolute Gasteiger partial charge is 0.382 e. The van der Waals surface area contributed by atoms with Crippen LogP contribution in [0.3, 0.4) is 0 Å². The van der Waals surface area contributed by atoms with Crippen molar-refractivity contribution in [1.29, 1.82) is 0 Å². The molecule has 1 unspecified atom stereocenters. The third-order valence-electron chi connectivity index (χ3n) is 1.95. The van der Waals surface area contributed by atoms with E-state index in [9.17, 15) is 0 Å². The molecule has 0 radical (unpaired) electrons. The lowest BCUT2D eigenvalue weighted by molar-refractivity contribution is -0.0545. The molecule has 0 saturated carbocycles. The zero-order valence-corrected chi connectivity index (χ0v) is 9.42. The van der Waals surface area contributed by atoms with Gasteiger partial charge in [-0.1, -0.05) is 20.8 Å². The summed E-state index contributed by atoms with van der Waals surface area (Å²) < 4.78 is 15.6. The predicted octanol–water partition coefficient (Wildman–Crippen LogP) is 1.71. The van der Waals surface area contributed by atoms with Gasteiger partial charge in [-0.15, -0.1) is 0 Å². The minimum absolute atomic E-state index is 0.127. The summed E-state index contributed by atoms with van der Waals surface area (Å²) in [6.45, 7) is 8.32. The maximum Gasteiger partial charge on any atom is 0.0852 e. The molecular weight excluding hydrogens is 168 g/mol. The van der Waals surface area contributed by atoms with Crippen molar-refractivity contribution in [3.8, 4) is 0 Å². The molecular formula is C10H22O3. The van der Waals surface area contributed by atoms with Crippen LogP contribution in [0.25, 0.3) is 0 Å². The maximum atomic E-state index is 5.40. The van der Waals surface area contributed by atoms with Crippen molar-refractivity contribution in [3.05, 3.63) is 0 Å². The summed E-state index contributed by atoms with van der Waals surface area (Å²) in [6.07, 6.45) is 0.143. The summed E-state index contributed by atoms with van der Waals surface area (Å²) >= 11 is 0. The highest BCUT2D eigenvalue weighted by Crippen LogP contribution is 2.21. The highest BCUT2D eigenvalue weighted by Gasteiger charge is 2.24. The van der Waals surface area contributed by atoms with E-state index in [1.807, 2.05) is 0 Å². The van der Waals surface area contributed by atoms with Gasteiger partial charge >= 0.3 is 0 Å². The van der Waals surface area contributed by atoms with Crippen LogP contribution < -0.4 is 0 Å². The number of rotatable bonds is 6. The lowest BCUT2D eigenvalue weighted by atomic mass is 9.89. The van der Waals surface area contributed by atoms with E-state index in [1.165, 1.54) is 0 Å². The first kappa shape index (κ1) is 12.9. The highest BCUT2D eigenvalue weighted by atomic mass is 16.5. The Morgan fingerprint density at radius 3 is 2.08 bits per heavy atom. The quantitative estimate of drug-likeness (QED) is 0.597. The Hall–Kier alpha value is -0.120. The SMILES string of the molecule is COCCOCC(OC)C(C)(C)C. The van der Waals surface area contributed by atoms with E-state index in [-0.39, 0.29) is 11.5 Å². The zero-order valence-electron chi connectivity index (χ0n) is 9.42. The van der Waals surface area contributed by atoms with Gasteiger partial charge in [-0.3, -0.25) is 0 Å². The van der Waals surface area contributed by atoms with Gasteiger partial charge in [0.1, 0.15) is 0 Å². The van der Waals surface area contributed by atoms with Crippen LogP contribution in [-0.2, 0) is 14.2 Å². The molecule has 0 N–H and O–H groups in total. The molecule has 3 nitrogen and oxygen atoms in total. The van der Waals surface area contributed by atoms with E-state index in [2.05, 4.69) is 20.8 Å². The van der Waals surface area contributed by atoms with Crippen LogP contribution >= 0.6 is 0 Å². The van der Waals surface area contributed by atoms with Crippen molar-refractivity contribution in [1.82, 2.24) is 0 Å². The minimum Gasteiger partial charge on any atom is -0.382 e. The number of hydrogen-bond acceptors (Lipinski definition) is 3. The molecule has 0 aliphatic heterocycles. The summed E-state index contributed by atoms with van der Waals surface area (Å²) in [5.74, 6) is 0. The van der Waals surface area contributed by atoms with Gasteiger partial charge in [0.05, 0.1) is 25.9 Å². The first-order chi connectivity index (χ1) is 6.02. The molecule has 0 aliphatic rings. The molecule has 13 heavy (non-hydrogen) atoms. The Labute approximate surface area is 81.4 Å². The lowest BCUT2D eigenvalue weighted by Gasteiger charge is -2.28. The van der Waals surface area contributed by atoms with Crippen molar-refractivity contribution in [3.63, 3.8) is 0 Å². The van der Waals surface area contributed by atoms with Gasteiger partial charge in [-0.25, -0.2) is 0 Å². The van der Waals surface area contributed by atoms with Crippen LogP contribution in [0.4, 0.5) is 0 Å². The van der Waals surface area contributed by atoms with Gasteiger partial charge in [-0.2, -0.15) is 0 Å². The fourth-order valence-corrected chi connectivity index (χ4v) is 1.00. The zero-order chi connectivity index (χ0) is 10.3. The molecule has 0 spiro atoms. The van der Waals surface area contributed by atoms with Crippen molar-refractivity contribution < 1.29 is 14.2 Å². The fourth-order valence-electron chi connectivity index (χ4n) is 1.00. The van der Waals surface area contributed by atoms with Gasteiger partial charge in [0.25, 0.3) is 0 Å². The monoisotopic (exact) mass is 190 g/mol. The van der Waals surface area contributed by atoms with E-state index in [0.717, 1.165) is 0 Å². The first-order valence-corrected chi connectivity index (χ1v) is 4.62. The first-order valence-electron chi connectivity index (χ1n) is 4.62. The molecule has 0 aromatic carbocycles. The molecule has 1 atom stereocenters. The van der Waals surface area contributed by atoms with E-state index >= 15 is 0 Å². The van der Waals surface area contributed by atoms with Crippen LogP contribution in [0.2, 0.25) is 0 Å². The summed E-state index contributed by atoms with van der Waals surface area (Å²) in [5, 5.41) is 0. The summed E-state index contributed by atoms with van der Waals surface area (Å²) in [5.41, 5.74) is 0.127. The molecule has 0 fully saturated rings. The van der Waals surface area contributed by atoms with Gasteiger partial charge in [0.15, 0.2) is 0 Å². The number of methoxy groups -OCH3 is 2. The number of ether oxygens (including phenoxy) is 3. The van der Waals surface area contributed by atoms with E-state index in [0.29, 0.717) is 19.8 Å². The van der Waals surface area contributed by atoms with E-state index in [1.54, 1.807) is 14.2 Å². The molecule has 0 amide bonds. The Morgan fingerprint density at radius 1 is 1.08 bits per heavy atom. The topological polar surface area (TPSA) is 27.7 Å². The lowest BCUT2D eigenvalue weighted by Crippen LogP contribution is -2.33. The maximum absolute atomic E-state index is 5.40. The predicted molar refractivity (Wildman–Crippen MR) is 52.9 cm³/mol. The summed E-state index contributed by atoms with van der Waals surface area (Å²) in [7, 11) is 3.39. The van der Waals surface area contributed by atoms with Gasteiger partial charge in [0, 0.05) is 14.2 Å². The molecule has 3 heteroatoms. The molecule has 0 rings (SSSR count). The minimum atomic E-state index is 0.127. The summed E-state index contributed by atoms with van der Waals surface area (Å²) in [6, 6.07) is 0. The standard InChI is InChI=1S/C10H22O3/c1-10(2,3)9(12-5)8-13-7-6-11-4/h9H,6-8H2,1-5H3. The molecule has 0 aromatic heterocycles. The highest BCUT2D eigenvalue weighted by molar-refractivity contribution is 4.73. The third-order valence-corrected chi connectivity index (χ3v) is 1.95. The van der Waals surface area contributed by atoms with Gasteiger partial charge < -0.3 is 14.2 Å². The second kappa shape index (κ2) is 6.35. The van der Waals surface area contributed by atoms with Crippen LogP contribution in [0.1, 0.15) is 20.8 Å². The molecule has 0 bridgehead atoms. The Balaban J connectivity index is 3.61. The molecule has 0 heterocycles. The normalized spacial score (nSPS) is 14.5. The molecule has 0 aliphatic carbocycles. The second-order valence-corrected chi connectivity index (χ2v) is 4.16.